The molecule has 0 fully saturated rings. The predicted molar refractivity (Wildman–Crippen MR) is 73.8 cm³/mol. The van der Waals surface area contributed by atoms with E-state index in [1.54, 1.807) is 10.8 Å². The fourth-order valence-corrected chi connectivity index (χ4v) is 2.80. The highest BCUT2D eigenvalue weighted by atomic mass is 32.1. The van der Waals surface area contributed by atoms with Crippen LogP contribution >= 0.6 is 11.3 Å². The van der Waals surface area contributed by atoms with E-state index in [0.29, 0.717) is 16.8 Å². The summed E-state index contributed by atoms with van der Waals surface area (Å²) in [6.45, 7) is 0.352. The first-order valence-corrected chi connectivity index (χ1v) is 6.45. The van der Waals surface area contributed by atoms with Crippen LogP contribution in [-0.2, 0) is 6.54 Å². The minimum atomic E-state index is -0.501. The summed E-state index contributed by atoms with van der Waals surface area (Å²) in [7, 11) is 0. The highest BCUT2D eigenvalue weighted by Crippen LogP contribution is 2.23. The Labute approximate surface area is 111 Å². The predicted octanol–water partition coefficient (Wildman–Crippen LogP) is 2.23. The number of fused-ring (bicyclic) bond motifs is 1. The maximum atomic E-state index is 13.4. The van der Waals surface area contributed by atoms with E-state index in [-0.39, 0.29) is 10.6 Å². The van der Waals surface area contributed by atoms with Gasteiger partial charge in [-0.25, -0.2) is 4.39 Å². The molecule has 0 bridgehead atoms. The van der Waals surface area contributed by atoms with Gasteiger partial charge in [0, 0.05) is 6.20 Å². The zero-order valence-electron chi connectivity index (χ0n) is 9.84. The summed E-state index contributed by atoms with van der Waals surface area (Å²) >= 11 is 1.00. The van der Waals surface area contributed by atoms with Crippen molar-refractivity contribution in [2.75, 3.05) is 5.73 Å². The van der Waals surface area contributed by atoms with Crippen molar-refractivity contribution in [2.24, 2.45) is 0 Å². The van der Waals surface area contributed by atoms with Gasteiger partial charge in [-0.1, -0.05) is 17.4 Å². The summed E-state index contributed by atoms with van der Waals surface area (Å²) < 4.78 is 15.5. The van der Waals surface area contributed by atoms with Crippen molar-refractivity contribution < 1.29 is 4.39 Å². The molecule has 1 aromatic carbocycles. The SMILES string of the molecule is Nc1cc2c(cc1F)sc(=O)n2Cc1ccccn1. The van der Waals surface area contributed by atoms with Crippen molar-refractivity contribution in [1.82, 2.24) is 9.55 Å². The standard InChI is InChI=1S/C13H10FN3OS/c14-9-5-12-11(6-10(9)15)17(13(18)19-12)7-8-3-1-2-4-16-8/h1-6H,7,15H2. The van der Waals surface area contributed by atoms with Gasteiger partial charge in [0.25, 0.3) is 0 Å². The Kier molecular flexibility index (Phi) is 2.79. The lowest BCUT2D eigenvalue weighted by atomic mass is 10.2. The van der Waals surface area contributed by atoms with E-state index in [2.05, 4.69) is 4.98 Å². The van der Waals surface area contributed by atoms with Gasteiger partial charge in [-0.3, -0.25) is 14.3 Å². The van der Waals surface area contributed by atoms with E-state index in [1.165, 1.54) is 12.1 Å². The van der Waals surface area contributed by atoms with Crippen LogP contribution in [0.25, 0.3) is 10.2 Å². The molecule has 0 atom stereocenters. The average Bonchev–Trinajstić information content (AvgIpc) is 2.68. The van der Waals surface area contributed by atoms with Crippen LogP contribution in [0, 0.1) is 5.82 Å². The molecule has 0 spiro atoms. The molecule has 0 amide bonds. The third-order valence-electron chi connectivity index (χ3n) is 2.83. The monoisotopic (exact) mass is 275 g/mol. The van der Waals surface area contributed by atoms with Gasteiger partial charge in [-0.2, -0.15) is 0 Å². The van der Waals surface area contributed by atoms with Gasteiger partial charge < -0.3 is 5.73 Å². The summed E-state index contributed by atoms with van der Waals surface area (Å²) in [5.41, 5.74) is 7.01. The number of nitrogens with zero attached hydrogens (tertiary/aromatic N) is 2. The Morgan fingerprint density at radius 3 is 2.95 bits per heavy atom. The zero-order valence-corrected chi connectivity index (χ0v) is 10.7. The number of pyridine rings is 1. The quantitative estimate of drug-likeness (QED) is 0.729. The molecule has 4 nitrogen and oxygen atoms in total. The second-order valence-electron chi connectivity index (χ2n) is 4.12. The summed E-state index contributed by atoms with van der Waals surface area (Å²) in [5.74, 6) is -0.501. The van der Waals surface area contributed by atoms with Crippen LogP contribution in [0.4, 0.5) is 10.1 Å². The van der Waals surface area contributed by atoms with Crippen molar-refractivity contribution in [2.45, 2.75) is 6.54 Å². The van der Waals surface area contributed by atoms with Gasteiger partial charge in [0.05, 0.1) is 28.1 Å². The molecule has 2 N–H and O–H groups in total. The summed E-state index contributed by atoms with van der Waals surface area (Å²) in [6.07, 6.45) is 1.67. The smallest absolute Gasteiger partial charge is 0.308 e. The van der Waals surface area contributed by atoms with Crippen molar-refractivity contribution in [3.63, 3.8) is 0 Å². The summed E-state index contributed by atoms with van der Waals surface area (Å²) in [5, 5.41) is 0. The number of hydrogen-bond acceptors (Lipinski definition) is 4. The Balaban J connectivity index is 2.16. The van der Waals surface area contributed by atoms with Crippen LogP contribution in [-0.4, -0.2) is 9.55 Å². The molecule has 96 valence electrons. The minimum Gasteiger partial charge on any atom is -0.396 e. The molecule has 3 aromatic rings. The molecule has 2 heterocycles. The van der Waals surface area contributed by atoms with Crippen molar-refractivity contribution in [1.29, 1.82) is 0 Å². The first-order chi connectivity index (χ1) is 9.15. The number of thiazole rings is 1. The number of rotatable bonds is 2. The second-order valence-corrected chi connectivity index (χ2v) is 5.11. The lowest BCUT2D eigenvalue weighted by Gasteiger charge is -2.04. The minimum absolute atomic E-state index is 0.0417. The van der Waals surface area contributed by atoms with Gasteiger partial charge in [0.1, 0.15) is 5.82 Å². The molecule has 0 radical (unpaired) electrons. The van der Waals surface area contributed by atoms with Gasteiger partial charge in [0.15, 0.2) is 0 Å². The Morgan fingerprint density at radius 1 is 1.37 bits per heavy atom. The molecule has 19 heavy (non-hydrogen) atoms. The molecular formula is C13H10FN3OS. The normalized spacial score (nSPS) is 11.0. The largest absolute Gasteiger partial charge is 0.396 e. The van der Waals surface area contributed by atoms with Gasteiger partial charge in [0.2, 0.25) is 0 Å². The van der Waals surface area contributed by atoms with Crippen LogP contribution < -0.4 is 10.6 Å². The van der Waals surface area contributed by atoms with E-state index in [1.807, 2.05) is 18.2 Å². The Hall–Kier alpha value is -2.21. The molecule has 0 aliphatic heterocycles. The molecule has 2 aromatic heterocycles. The van der Waals surface area contributed by atoms with Gasteiger partial charge in [-0.05, 0) is 24.3 Å². The maximum Gasteiger partial charge on any atom is 0.308 e. The molecule has 0 unspecified atom stereocenters. The average molecular weight is 275 g/mol. The fourth-order valence-electron chi connectivity index (χ4n) is 1.90. The van der Waals surface area contributed by atoms with Crippen molar-refractivity contribution >= 4 is 27.2 Å². The lowest BCUT2D eigenvalue weighted by molar-refractivity contribution is 0.634. The van der Waals surface area contributed by atoms with E-state index < -0.39 is 5.82 Å². The number of anilines is 1. The van der Waals surface area contributed by atoms with Crippen LogP contribution in [0.3, 0.4) is 0 Å². The lowest BCUT2D eigenvalue weighted by Crippen LogP contribution is -2.14. The first kappa shape index (κ1) is 11.9. The first-order valence-electron chi connectivity index (χ1n) is 5.63. The number of hydrogen-bond donors (Lipinski definition) is 1. The van der Waals surface area contributed by atoms with Crippen LogP contribution in [0.15, 0.2) is 41.3 Å². The fraction of sp³-hybridized carbons (Fsp3) is 0.0769. The van der Waals surface area contributed by atoms with Crippen LogP contribution in [0.2, 0.25) is 0 Å². The molecule has 6 heteroatoms. The van der Waals surface area contributed by atoms with Crippen LogP contribution in [0.1, 0.15) is 5.69 Å². The molecule has 0 saturated heterocycles. The second kappa shape index (κ2) is 4.47. The molecule has 0 saturated carbocycles. The van der Waals surface area contributed by atoms with E-state index in [9.17, 15) is 9.18 Å². The summed E-state index contributed by atoms with van der Waals surface area (Å²) in [4.78, 5) is 16.0. The van der Waals surface area contributed by atoms with Crippen LogP contribution in [0.5, 0.6) is 0 Å². The molecular weight excluding hydrogens is 265 g/mol. The Bertz CT molecular complexity index is 795. The summed E-state index contributed by atoms with van der Waals surface area (Å²) in [6, 6.07) is 8.29. The maximum absolute atomic E-state index is 13.4. The van der Waals surface area contributed by atoms with Gasteiger partial charge >= 0.3 is 4.87 Å². The Morgan fingerprint density at radius 2 is 2.21 bits per heavy atom. The third kappa shape index (κ3) is 2.10. The molecule has 0 aliphatic carbocycles. The van der Waals surface area contributed by atoms with Gasteiger partial charge in [-0.15, -0.1) is 0 Å². The molecule has 0 aliphatic rings. The highest BCUT2D eigenvalue weighted by Gasteiger charge is 2.11. The van der Waals surface area contributed by atoms with Crippen molar-refractivity contribution in [3.8, 4) is 0 Å². The topological polar surface area (TPSA) is 60.9 Å². The zero-order chi connectivity index (χ0) is 13.4. The number of benzene rings is 1. The van der Waals surface area contributed by atoms with E-state index in [4.69, 9.17) is 5.73 Å². The number of aromatic nitrogens is 2. The molecule has 3 rings (SSSR count). The number of nitrogen functional groups attached to an aromatic ring is 1. The van der Waals surface area contributed by atoms with E-state index >= 15 is 0 Å². The highest BCUT2D eigenvalue weighted by molar-refractivity contribution is 7.16. The number of nitrogens with two attached hydrogens (primary N) is 1. The van der Waals surface area contributed by atoms with Crippen molar-refractivity contribution in [3.05, 3.63) is 57.7 Å². The number of halogens is 1. The van der Waals surface area contributed by atoms with E-state index in [0.717, 1.165) is 17.0 Å². The third-order valence-corrected chi connectivity index (χ3v) is 3.77.